The van der Waals surface area contributed by atoms with Gasteiger partial charge in [-0.15, -0.1) is 24.8 Å². The van der Waals surface area contributed by atoms with Gasteiger partial charge in [0, 0.05) is 25.4 Å². The van der Waals surface area contributed by atoms with E-state index in [9.17, 15) is 4.79 Å². The highest BCUT2D eigenvalue weighted by Gasteiger charge is 2.36. The van der Waals surface area contributed by atoms with Crippen LogP contribution in [-0.4, -0.2) is 27.4 Å². The Labute approximate surface area is 142 Å². The van der Waals surface area contributed by atoms with Crippen molar-refractivity contribution in [3.05, 3.63) is 36.3 Å². The molecule has 0 atom stereocenters. The first-order valence-electron chi connectivity index (χ1n) is 7.17. The average Bonchev–Trinajstić information content (AvgIpc) is 3.05. The zero-order valence-electron chi connectivity index (χ0n) is 12.3. The van der Waals surface area contributed by atoms with Crippen LogP contribution in [0.15, 0.2) is 30.6 Å². The van der Waals surface area contributed by atoms with Crippen molar-refractivity contribution < 1.29 is 4.79 Å². The standard InChI is InChI=1S/C15H20N4O.2ClH/c16-15(7-2-3-8-15)14(20)17-9-6-12-11-19-10-4-1-5-13(19)18-12;;/h1,4-5,10-11H,2-3,6-9,16H2,(H,17,20);2*1H. The van der Waals surface area contributed by atoms with Crippen molar-refractivity contribution in [1.29, 1.82) is 0 Å². The number of nitrogens with zero attached hydrogens (tertiary/aromatic N) is 2. The Hall–Kier alpha value is -1.30. The summed E-state index contributed by atoms with van der Waals surface area (Å²) in [6, 6.07) is 5.90. The molecule has 0 aromatic carbocycles. The maximum absolute atomic E-state index is 12.1. The monoisotopic (exact) mass is 344 g/mol. The van der Waals surface area contributed by atoms with E-state index in [4.69, 9.17) is 5.73 Å². The zero-order chi connectivity index (χ0) is 14.0. The van der Waals surface area contributed by atoms with Crippen LogP contribution in [0, 0.1) is 0 Å². The van der Waals surface area contributed by atoms with Crippen LogP contribution in [0.3, 0.4) is 0 Å². The zero-order valence-corrected chi connectivity index (χ0v) is 14.0. The molecule has 2 aromatic heterocycles. The lowest BCUT2D eigenvalue weighted by molar-refractivity contribution is -0.126. The fraction of sp³-hybridized carbons (Fsp3) is 0.467. The molecule has 3 N–H and O–H groups in total. The Morgan fingerprint density at radius 1 is 1.32 bits per heavy atom. The van der Waals surface area contributed by atoms with Crippen LogP contribution < -0.4 is 11.1 Å². The lowest BCUT2D eigenvalue weighted by Gasteiger charge is -2.22. The number of amides is 1. The highest BCUT2D eigenvalue weighted by molar-refractivity contribution is 5.86. The normalized spacial score (nSPS) is 15.9. The Morgan fingerprint density at radius 2 is 2.05 bits per heavy atom. The molecular formula is C15H22Cl2N4O. The minimum Gasteiger partial charge on any atom is -0.354 e. The van der Waals surface area contributed by atoms with Crippen molar-refractivity contribution >= 4 is 36.4 Å². The number of hydrogen-bond donors (Lipinski definition) is 2. The van der Waals surface area contributed by atoms with Crippen molar-refractivity contribution in [2.24, 2.45) is 5.73 Å². The predicted octanol–water partition coefficient (Wildman–Crippen LogP) is 2.11. The van der Waals surface area contributed by atoms with Crippen molar-refractivity contribution in [3.8, 4) is 0 Å². The number of imidazole rings is 1. The Balaban J connectivity index is 0.00000121. The van der Waals surface area contributed by atoms with Crippen LogP contribution in [0.5, 0.6) is 0 Å². The molecule has 0 saturated heterocycles. The number of fused-ring (bicyclic) bond motifs is 1. The second-order valence-corrected chi connectivity index (χ2v) is 5.57. The van der Waals surface area contributed by atoms with Gasteiger partial charge >= 0.3 is 0 Å². The number of nitrogens with two attached hydrogens (primary N) is 1. The van der Waals surface area contributed by atoms with E-state index in [-0.39, 0.29) is 30.7 Å². The van der Waals surface area contributed by atoms with Gasteiger partial charge in [-0.3, -0.25) is 4.79 Å². The maximum Gasteiger partial charge on any atom is 0.240 e. The van der Waals surface area contributed by atoms with Crippen LogP contribution in [0.25, 0.3) is 5.65 Å². The van der Waals surface area contributed by atoms with Crippen LogP contribution >= 0.6 is 24.8 Å². The van der Waals surface area contributed by atoms with Crippen molar-refractivity contribution in [1.82, 2.24) is 14.7 Å². The molecule has 0 radical (unpaired) electrons. The predicted molar refractivity (Wildman–Crippen MR) is 91.8 cm³/mol. The summed E-state index contributed by atoms with van der Waals surface area (Å²) in [7, 11) is 0. The van der Waals surface area contributed by atoms with Crippen LogP contribution in [0.4, 0.5) is 0 Å². The number of hydrogen-bond acceptors (Lipinski definition) is 3. The van der Waals surface area contributed by atoms with Crippen LogP contribution in [0.1, 0.15) is 31.4 Å². The molecule has 1 amide bonds. The van der Waals surface area contributed by atoms with E-state index < -0.39 is 5.54 Å². The van der Waals surface area contributed by atoms with Gasteiger partial charge in [0.15, 0.2) is 0 Å². The first-order valence-corrected chi connectivity index (χ1v) is 7.17. The minimum absolute atomic E-state index is 0. The summed E-state index contributed by atoms with van der Waals surface area (Å²) >= 11 is 0. The molecule has 3 rings (SSSR count). The van der Waals surface area contributed by atoms with Gasteiger partial charge in [-0.1, -0.05) is 18.9 Å². The van der Waals surface area contributed by atoms with E-state index in [2.05, 4.69) is 10.3 Å². The van der Waals surface area contributed by atoms with Gasteiger partial charge < -0.3 is 15.5 Å². The van der Waals surface area contributed by atoms with E-state index in [0.717, 1.165) is 43.4 Å². The second-order valence-electron chi connectivity index (χ2n) is 5.57. The summed E-state index contributed by atoms with van der Waals surface area (Å²) in [5.41, 5.74) is 7.38. The Kier molecular flexibility index (Phi) is 6.66. The first-order chi connectivity index (χ1) is 9.67. The molecule has 7 heteroatoms. The quantitative estimate of drug-likeness (QED) is 0.891. The van der Waals surface area contributed by atoms with Gasteiger partial charge in [0.2, 0.25) is 5.91 Å². The molecule has 0 unspecified atom stereocenters. The van der Waals surface area contributed by atoms with E-state index in [1.165, 1.54) is 0 Å². The van der Waals surface area contributed by atoms with Gasteiger partial charge in [-0.25, -0.2) is 4.98 Å². The Morgan fingerprint density at radius 3 is 2.73 bits per heavy atom. The SMILES string of the molecule is Cl.Cl.NC1(C(=O)NCCc2cn3ccccc3n2)CCCC1. The third-order valence-electron chi connectivity index (χ3n) is 4.03. The number of carbonyl (C=O) groups excluding carboxylic acids is 1. The van der Waals surface area contributed by atoms with Crippen LogP contribution in [-0.2, 0) is 11.2 Å². The molecule has 1 aliphatic carbocycles. The molecule has 0 aliphatic heterocycles. The third kappa shape index (κ3) is 3.91. The first kappa shape index (κ1) is 18.7. The topological polar surface area (TPSA) is 72.4 Å². The number of pyridine rings is 1. The lowest BCUT2D eigenvalue weighted by Crippen LogP contribution is -2.52. The van der Waals surface area contributed by atoms with Crippen LogP contribution in [0.2, 0.25) is 0 Å². The minimum atomic E-state index is -0.640. The number of halogens is 2. The molecule has 1 aliphatic rings. The van der Waals surface area contributed by atoms with E-state index in [1.54, 1.807) is 0 Å². The molecule has 2 heterocycles. The highest BCUT2D eigenvalue weighted by atomic mass is 35.5. The van der Waals surface area contributed by atoms with Gasteiger partial charge in [-0.2, -0.15) is 0 Å². The number of carbonyl (C=O) groups is 1. The lowest BCUT2D eigenvalue weighted by atomic mass is 9.98. The van der Waals surface area contributed by atoms with Gasteiger partial charge in [0.25, 0.3) is 0 Å². The number of rotatable bonds is 4. The van der Waals surface area contributed by atoms with Gasteiger partial charge in [0.1, 0.15) is 5.65 Å². The number of aromatic nitrogens is 2. The fourth-order valence-corrected chi connectivity index (χ4v) is 2.82. The Bertz CT molecular complexity index is 590. The average molecular weight is 345 g/mol. The fourth-order valence-electron chi connectivity index (χ4n) is 2.82. The molecule has 0 spiro atoms. The number of nitrogens with one attached hydrogen (secondary N) is 1. The maximum atomic E-state index is 12.1. The summed E-state index contributed by atoms with van der Waals surface area (Å²) in [6.45, 7) is 0.585. The third-order valence-corrected chi connectivity index (χ3v) is 4.03. The molecule has 1 fully saturated rings. The van der Waals surface area contributed by atoms with E-state index >= 15 is 0 Å². The summed E-state index contributed by atoms with van der Waals surface area (Å²) in [5, 5.41) is 2.94. The van der Waals surface area contributed by atoms with E-state index in [0.29, 0.717) is 6.54 Å². The molecule has 122 valence electrons. The molecule has 0 bridgehead atoms. The van der Waals surface area contributed by atoms with Gasteiger partial charge in [-0.05, 0) is 25.0 Å². The highest BCUT2D eigenvalue weighted by Crippen LogP contribution is 2.27. The van der Waals surface area contributed by atoms with Crippen molar-refractivity contribution in [2.45, 2.75) is 37.6 Å². The molecule has 2 aromatic rings. The molecular weight excluding hydrogens is 323 g/mol. The smallest absolute Gasteiger partial charge is 0.240 e. The summed E-state index contributed by atoms with van der Waals surface area (Å²) < 4.78 is 1.98. The summed E-state index contributed by atoms with van der Waals surface area (Å²) in [6.07, 6.45) is 8.39. The van der Waals surface area contributed by atoms with E-state index in [1.807, 2.05) is 35.0 Å². The van der Waals surface area contributed by atoms with Crippen molar-refractivity contribution in [2.75, 3.05) is 6.54 Å². The van der Waals surface area contributed by atoms with Gasteiger partial charge in [0.05, 0.1) is 11.2 Å². The summed E-state index contributed by atoms with van der Waals surface area (Å²) in [4.78, 5) is 16.6. The molecule has 22 heavy (non-hydrogen) atoms. The summed E-state index contributed by atoms with van der Waals surface area (Å²) in [5.74, 6) is -0.0150. The molecule has 1 saturated carbocycles. The van der Waals surface area contributed by atoms with Crippen molar-refractivity contribution in [3.63, 3.8) is 0 Å². The second kappa shape index (κ2) is 7.81. The molecule has 5 nitrogen and oxygen atoms in total. The largest absolute Gasteiger partial charge is 0.354 e.